The van der Waals surface area contributed by atoms with Crippen LogP contribution in [-0.2, 0) is 12.6 Å². The van der Waals surface area contributed by atoms with E-state index in [-0.39, 0.29) is 11.7 Å². The monoisotopic (exact) mass is 331 g/mol. The summed E-state index contributed by atoms with van der Waals surface area (Å²) in [6.45, 7) is 0. The van der Waals surface area contributed by atoms with Crippen LogP contribution in [-0.4, -0.2) is 0 Å². The van der Waals surface area contributed by atoms with Gasteiger partial charge in [-0.25, -0.2) is 0 Å². The van der Waals surface area contributed by atoms with Gasteiger partial charge in [-0.2, -0.15) is 13.2 Å². The van der Waals surface area contributed by atoms with Crippen molar-refractivity contribution in [1.82, 2.24) is 0 Å². The molecule has 0 aliphatic heterocycles. The van der Waals surface area contributed by atoms with Crippen molar-refractivity contribution in [1.29, 1.82) is 0 Å². The number of hydrogen-bond donors (Lipinski definition) is 1. The number of aryl methyl sites for hydroxylation is 1. The molecule has 6 heteroatoms. The molecular weight excluding hydrogens is 319 g/mol. The minimum absolute atomic E-state index is 0.110. The van der Waals surface area contributed by atoms with Gasteiger partial charge in [-0.3, -0.25) is 0 Å². The van der Waals surface area contributed by atoms with Crippen LogP contribution in [0.1, 0.15) is 34.9 Å². The fourth-order valence-corrected chi connectivity index (χ4v) is 4.10. The van der Waals surface area contributed by atoms with Gasteiger partial charge in [0.1, 0.15) is 0 Å². The van der Waals surface area contributed by atoms with E-state index in [0.29, 0.717) is 4.34 Å². The third kappa shape index (κ3) is 3.04. The molecule has 0 saturated heterocycles. The summed E-state index contributed by atoms with van der Waals surface area (Å²) < 4.78 is 39.8. The Hall–Kier alpha value is -1.20. The van der Waals surface area contributed by atoms with Crippen LogP contribution < -0.4 is 5.32 Å². The highest BCUT2D eigenvalue weighted by Crippen LogP contribution is 2.41. The SMILES string of the molecule is FC(F)(F)c1ccccc1NC1CCCc2sc(Cl)cc21. The zero-order chi connectivity index (χ0) is 15.0. The molecular formula is C15H13ClF3NS. The summed E-state index contributed by atoms with van der Waals surface area (Å²) >= 11 is 7.55. The summed E-state index contributed by atoms with van der Waals surface area (Å²) in [6.07, 6.45) is -1.64. The lowest BCUT2D eigenvalue weighted by atomic mass is 9.93. The molecule has 112 valence electrons. The molecule has 0 amide bonds. The molecule has 0 fully saturated rings. The van der Waals surface area contributed by atoms with Crippen LogP contribution in [0.25, 0.3) is 0 Å². The zero-order valence-electron chi connectivity index (χ0n) is 11.0. The Morgan fingerprint density at radius 1 is 1.24 bits per heavy atom. The second-order valence-corrected chi connectivity index (χ2v) is 6.83. The standard InChI is InChI=1S/C15H13ClF3NS/c16-14-8-9-11(6-3-7-13(9)21-14)20-12-5-2-1-4-10(12)15(17,18)19/h1-2,4-5,8,11,20H,3,6-7H2. The number of fused-ring (bicyclic) bond motifs is 1. The molecule has 0 spiro atoms. The van der Waals surface area contributed by atoms with E-state index in [9.17, 15) is 13.2 Å². The van der Waals surface area contributed by atoms with Gasteiger partial charge in [0.2, 0.25) is 0 Å². The van der Waals surface area contributed by atoms with Crippen LogP contribution in [0.15, 0.2) is 30.3 Å². The Balaban J connectivity index is 1.92. The van der Waals surface area contributed by atoms with Gasteiger partial charge in [0.05, 0.1) is 15.9 Å². The summed E-state index contributed by atoms with van der Waals surface area (Å²) in [5.41, 5.74) is 0.539. The lowest BCUT2D eigenvalue weighted by Gasteiger charge is -2.26. The van der Waals surface area contributed by atoms with E-state index in [1.54, 1.807) is 6.07 Å². The van der Waals surface area contributed by atoms with Gasteiger partial charge < -0.3 is 5.32 Å². The molecule has 1 aromatic carbocycles. The van der Waals surface area contributed by atoms with Crippen molar-refractivity contribution in [2.45, 2.75) is 31.5 Å². The fraction of sp³-hybridized carbons (Fsp3) is 0.333. The minimum Gasteiger partial charge on any atom is -0.378 e. The van der Waals surface area contributed by atoms with Gasteiger partial charge in [-0.05, 0) is 43.0 Å². The second-order valence-electron chi connectivity index (χ2n) is 5.06. The fourth-order valence-electron chi connectivity index (χ4n) is 2.72. The van der Waals surface area contributed by atoms with Crippen molar-refractivity contribution < 1.29 is 13.2 Å². The molecule has 1 aromatic heterocycles. The molecule has 3 rings (SSSR count). The molecule has 1 nitrogen and oxygen atoms in total. The van der Waals surface area contributed by atoms with Gasteiger partial charge in [-0.1, -0.05) is 23.7 Å². The van der Waals surface area contributed by atoms with Gasteiger partial charge in [0, 0.05) is 10.6 Å². The van der Waals surface area contributed by atoms with Crippen molar-refractivity contribution in [3.8, 4) is 0 Å². The number of anilines is 1. The van der Waals surface area contributed by atoms with Gasteiger partial charge in [0.25, 0.3) is 0 Å². The highest BCUT2D eigenvalue weighted by atomic mass is 35.5. The summed E-state index contributed by atoms with van der Waals surface area (Å²) in [5, 5.41) is 3.05. The molecule has 1 atom stereocenters. The molecule has 2 aromatic rings. The molecule has 1 aliphatic carbocycles. The van der Waals surface area contributed by atoms with E-state index in [1.807, 2.05) is 6.07 Å². The Morgan fingerprint density at radius 2 is 2.00 bits per heavy atom. The largest absolute Gasteiger partial charge is 0.418 e. The number of alkyl halides is 3. The summed E-state index contributed by atoms with van der Waals surface area (Å²) in [7, 11) is 0. The maximum Gasteiger partial charge on any atom is 0.418 e. The molecule has 1 aliphatic rings. The normalized spacial score (nSPS) is 18.4. The minimum atomic E-state index is -4.35. The molecule has 0 saturated carbocycles. The predicted octanol–water partition coefficient (Wildman–Crippen LogP) is 5.91. The first-order valence-electron chi connectivity index (χ1n) is 6.66. The van der Waals surface area contributed by atoms with Crippen LogP contribution in [0.4, 0.5) is 18.9 Å². The van der Waals surface area contributed by atoms with Crippen LogP contribution in [0, 0.1) is 0 Å². The first kappa shape index (κ1) is 14.7. The van der Waals surface area contributed by atoms with E-state index in [2.05, 4.69) is 5.32 Å². The van der Waals surface area contributed by atoms with Gasteiger partial charge in [0.15, 0.2) is 0 Å². The molecule has 0 radical (unpaired) electrons. The Morgan fingerprint density at radius 3 is 2.76 bits per heavy atom. The third-order valence-electron chi connectivity index (χ3n) is 3.65. The number of hydrogen-bond acceptors (Lipinski definition) is 2. The van der Waals surface area contributed by atoms with E-state index >= 15 is 0 Å². The number of thiophene rings is 1. The molecule has 0 bridgehead atoms. The Kier molecular flexibility index (Phi) is 3.88. The van der Waals surface area contributed by atoms with Crippen LogP contribution >= 0.6 is 22.9 Å². The first-order valence-corrected chi connectivity index (χ1v) is 7.85. The van der Waals surface area contributed by atoms with Crippen molar-refractivity contribution in [3.63, 3.8) is 0 Å². The second kappa shape index (κ2) is 5.54. The predicted molar refractivity (Wildman–Crippen MR) is 80.1 cm³/mol. The molecule has 21 heavy (non-hydrogen) atoms. The van der Waals surface area contributed by atoms with E-state index < -0.39 is 11.7 Å². The van der Waals surface area contributed by atoms with Crippen molar-refractivity contribution in [2.24, 2.45) is 0 Å². The quantitative estimate of drug-likeness (QED) is 0.721. The maximum absolute atomic E-state index is 13.0. The number of nitrogens with one attached hydrogen (secondary N) is 1. The van der Waals surface area contributed by atoms with Crippen molar-refractivity contribution >= 4 is 28.6 Å². The third-order valence-corrected chi connectivity index (χ3v) is 4.99. The van der Waals surface area contributed by atoms with Crippen LogP contribution in [0.5, 0.6) is 0 Å². The lowest BCUT2D eigenvalue weighted by Crippen LogP contribution is -2.18. The molecule has 1 N–H and O–H groups in total. The number of para-hydroxylation sites is 1. The highest BCUT2D eigenvalue weighted by Gasteiger charge is 2.34. The van der Waals surface area contributed by atoms with Gasteiger partial charge >= 0.3 is 6.18 Å². The van der Waals surface area contributed by atoms with E-state index in [4.69, 9.17) is 11.6 Å². The molecule has 1 unspecified atom stereocenters. The number of rotatable bonds is 2. The zero-order valence-corrected chi connectivity index (χ0v) is 12.6. The smallest absolute Gasteiger partial charge is 0.378 e. The molecule has 1 heterocycles. The Labute approximate surface area is 129 Å². The highest BCUT2D eigenvalue weighted by molar-refractivity contribution is 7.16. The Bertz CT molecular complexity index is 651. The van der Waals surface area contributed by atoms with Crippen molar-refractivity contribution in [3.05, 3.63) is 50.7 Å². The van der Waals surface area contributed by atoms with Crippen LogP contribution in [0.2, 0.25) is 4.34 Å². The summed E-state index contributed by atoms with van der Waals surface area (Å²) in [6, 6.07) is 7.36. The average Bonchev–Trinajstić information content (AvgIpc) is 2.79. The lowest BCUT2D eigenvalue weighted by molar-refractivity contribution is -0.137. The van der Waals surface area contributed by atoms with E-state index in [1.165, 1.54) is 28.3 Å². The summed E-state index contributed by atoms with van der Waals surface area (Å²) in [4.78, 5) is 1.17. The van der Waals surface area contributed by atoms with Gasteiger partial charge in [-0.15, -0.1) is 11.3 Å². The van der Waals surface area contributed by atoms with E-state index in [0.717, 1.165) is 30.9 Å². The number of benzene rings is 1. The maximum atomic E-state index is 13.0. The summed E-state index contributed by atoms with van der Waals surface area (Å²) in [5.74, 6) is 0. The first-order chi connectivity index (χ1) is 9.95. The topological polar surface area (TPSA) is 12.0 Å². The van der Waals surface area contributed by atoms with Crippen molar-refractivity contribution in [2.75, 3.05) is 5.32 Å². The van der Waals surface area contributed by atoms with Crippen LogP contribution in [0.3, 0.4) is 0 Å². The number of halogens is 4. The average molecular weight is 332 g/mol.